The van der Waals surface area contributed by atoms with Crippen molar-refractivity contribution in [2.24, 2.45) is 0 Å². The Balaban J connectivity index is 1.95. The maximum atomic E-state index is 5.69. The van der Waals surface area contributed by atoms with Crippen LogP contribution in [0.5, 0.6) is 0 Å². The van der Waals surface area contributed by atoms with Crippen LogP contribution in [-0.4, -0.2) is 11.0 Å². The van der Waals surface area contributed by atoms with Gasteiger partial charge in [0.05, 0.1) is 0 Å². The summed E-state index contributed by atoms with van der Waals surface area (Å²) in [5, 5.41) is 6.66. The van der Waals surface area contributed by atoms with E-state index in [-0.39, 0.29) is 0 Å². The predicted octanol–water partition coefficient (Wildman–Crippen LogP) is 2.93. The van der Waals surface area contributed by atoms with E-state index in [4.69, 9.17) is 11.6 Å². The van der Waals surface area contributed by atoms with Gasteiger partial charge in [0.25, 0.3) is 0 Å². The van der Waals surface area contributed by atoms with E-state index in [1.165, 1.54) is 0 Å². The minimum Gasteiger partial charge on any atom is -0.358 e. The average Bonchev–Trinajstić information content (AvgIpc) is 2.63. The van der Waals surface area contributed by atoms with E-state index >= 15 is 0 Å². The Morgan fingerprint density at radius 2 is 2.25 bits per heavy atom. The van der Waals surface area contributed by atoms with Crippen LogP contribution in [0.3, 0.4) is 0 Å². The molecule has 2 rings (SSSR count). The summed E-state index contributed by atoms with van der Waals surface area (Å²) in [6, 6.07) is 0.521. The predicted molar refractivity (Wildman–Crippen MR) is 52.9 cm³/mol. The van der Waals surface area contributed by atoms with Gasteiger partial charge in [-0.05, 0) is 12.8 Å². The Morgan fingerprint density at radius 3 is 2.83 bits per heavy atom. The molecule has 0 spiro atoms. The molecule has 0 aromatic carbocycles. The van der Waals surface area contributed by atoms with Crippen molar-refractivity contribution in [1.82, 2.24) is 4.98 Å². The lowest BCUT2D eigenvalue weighted by Crippen LogP contribution is -2.14. The van der Waals surface area contributed by atoms with Gasteiger partial charge in [-0.1, -0.05) is 23.8 Å². The molecule has 1 N–H and O–H groups in total. The molecule has 12 heavy (non-hydrogen) atoms. The number of nitrogens with zero attached hydrogens (tertiary/aromatic N) is 1. The summed E-state index contributed by atoms with van der Waals surface area (Å²) in [6.45, 7) is 0. The molecule has 0 atom stereocenters. The molecule has 0 saturated heterocycles. The van der Waals surface area contributed by atoms with Crippen molar-refractivity contribution in [3.05, 3.63) is 22.7 Å². The fourth-order valence-electron chi connectivity index (χ4n) is 1.23. The first-order valence-corrected chi connectivity index (χ1v) is 5.13. The number of nitrogens with one attached hydrogen (secondary N) is 1. The number of hydrogen-bond donors (Lipinski definition) is 1. The minimum atomic E-state index is 0.521. The van der Waals surface area contributed by atoms with E-state index in [0.717, 1.165) is 18.0 Å². The molecule has 64 valence electrons. The first-order chi connectivity index (χ1) is 5.84. The molecule has 4 heteroatoms. The first-order valence-electron chi connectivity index (χ1n) is 3.87. The average molecular weight is 201 g/mol. The van der Waals surface area contributed by atoms with Crippen LogP contribution in [0.2, 0.25) is 5.15 Å². The fourth-order valence-corrected chi connectivity index (χ4v) is 2.15. The highest BCUT2D eigenvalue weighted by Crippen LogP contribution is 2.22. The van der Waals surface area contributed by atoms with Crippen LogP contribution >= 0.6 is 22.9 Å². The van der Waals surface area contributed by atoms with Crippen molar-refractivity contribution in [3.63, 3.8) is 0 Å². The Hall–Kier alpha value is -0.540. The van der Waals surface area contributed by atoms with Gasteiger partial charge in [0.1, 0.15) is 5.15 Å². The van der Waals surface area contributed by atoms with Crippen LogP contribution in [0.4, 0.5) is 5.13 Å². The maximum Gasteiger partial charge on any atom is 0.184 e. The van der Waals surface area contributed by atoms with Gasteiger partial charge in [0.15, 0.2) is 5.13 Å². The third kappa shape index (κ3) is 1.79. The van der Waals surface area contributed by atoms with Crippen molar-refractivity contribution in [2.75, 3.05) is 5.32 Å². The normalized spacial score (nSPS) is 17.1. The highest BCUT2D eigenvalue weighted by molar-refractivity contribution is 7.14. The van der Waals surface area contributed by atoms with E-state index in [1.54, 1.807) is 11.3 Å². The number of rotatable bonds is 2. The smallest absolute Gasteiger partial charge is 0.184 e. The molecule has 1 aliphatic rings. The van der Waals surface area contributed by atoms with Crippen LogP contribution in [0, 0.1) is 0 Å². The summed E-state index contributed by atoms with van der Waals surface area (Å²) >= 11 is 7.24. The fraction of sp³-hybridized carbons (Fsp3) is 0.375. The number of thiazole rings is 1. The highest BCUT2D eigenvalue weighted by atomic mass is 35.5. The second-order valence-electron chi connectivity index (χ2n) is 2.76. The second-order valence-corrected chi connectivity index (χ2v) is 4.00. The summed E-state index contributed by atoms with van der Waals surface area (Å²) in [4.78, 5) is 4.12. The third-order valence-electron chi connectivity index (χ3n) is 1.81. The summed E-state index contributed by atoms with van der Waals surface area (Å²) in [5.74, 6) is 0. The second kappa shape index (κ2) is 3.46. The molecule has 0 amide bonds. The Bertz CT molecular complexity index is 287. The lowest BCUT2D eigenvalue weighted by atomic mass is 10.2. The van der Waals surface area contributed by atoms with E-state index in [9.17, 15) is 0 Å². The van der Waals surface area contributed by atoms with Crippen LogP contribution in [-0.2, 0) is 0 Å². The molecule has 1 aliphatic carbocycles. The van der Waals surface area contributed by atoms with Gasteiger partial charge in [0, 0.05) is 11.4 Å². The zero-order valence-electron chi connectivity index (χ0n) is 6.46. The number of halogens is 1. The van der Waals surface area contributed by atoms with Gasteiger partial charge in [-0.2, -0.15) is 0 Å². The van der Waals surface area contributed by atoms with E-state index in [0.29, 0.717) is 11.2 Å². The molecule has 0 radical (unpaired) electrons. The molecule has 1 heterocycles. The van der Waals surface area contributed by atoms with Gasteiger partial charge in [-0.3, -0.25) is 0 Å². The van der Waals surface area contributed by atoms with Crippen molar-refractivity contribution in [3.8, 4) is 0 Å². The zero-order valence-corrected chi connectivity index (χ0v) is 8.03. The number of aromatic nitrogens is 1. The zero-order chi connectivity index (χ0) is 8.39. The van der Waals surface area contributed by atoms with Crippen LogP contribution in [0.15, 0.2) is 17.5 Å². The third-order valence-corrected chi connectivity index (χ3v) is 2.91. The summed E-state index contributed by atoms with van der Waals surface area (Å²) < 4.78 is 0. The van der Waals surface area contributed by atoms with Crippen LogP contribution in [0.25, 0.3) is 0 Å². The van der Waals surface area contributed by atoms with Crippen LogP contribution in [0.1, 0.15) is 12.8 Å². The Morgan fingerprint density at radius 1 is 1.50 bits per heavy atom. The molecule has 0 unspecified atom stereocenters. The molecular formula is C8H9ClN2S. The molecular weight excluding hydrogens is 192 g/mol. The van der Waals surface area contributed by atoms with Gasteiger partial charge in [0.2, 0.25) is 0 Å². The molecule has 0 bridgehead atoms. The maximum absolute atomic E-state index is 5.69. The van der Waals surface area contributed by atoms with Gasteiger partial charge in [-0.15, -0.1) is 11.3 Å². The Kier molecular flexibility index (Phi) is 2.33. The topological polar surface area (TPSA) is 24.9 Å². The standard InChI is InChI=1S/C8H9ClN2S/c9-7-5-12-8(11-7)10-6-3-1-2-4-6/h1-2,5-6H,3-4H2,(H,10,11). The quantitative estimate of drug-likeness (QED) is 0.743. The van der Waals surface area contributed by atoms with Crippen molar-refractivity contribution in [1.29, 1.82) is 0 Å². The highest BCUT2D eigenvalue weighted by Gasteiger charge is 2.10. The van der Waals surface area contributed by atoms with Gasteiger partial charge >= 0.3 is 0 Å². The van der Waals surface area contributed by atoms with Crippen molar-refractivity contribution >= 4 is 28.1 Å². The van der Waals surface area contributed by atoms with Crippen molar-refractivity contribution in [2.45, 2.75) is 18.9 Å². The number of anilines is 1. The lowest BCUT2D eigenvalue weighted by molar-refractivity contribution is 0.785. The number of hydrogen-bond acceptors (Lipinski definition) is 3. The van der Waals surface area contributed by atoms with Gasteiger partial charge < -0.3 is 5.32 Å². The SMILES string of the molecule is Clc1csc(NC2CC=CC2)n1. The largest absolute Gasteiger partial charge is 0.358 e. The van der Waals surface area contributed by atoms with E-state index in [2.05, 4.69) is 22.5 Å². The summed E-state index contributed by atoms with van der Waals surface area (Å²) in [6.07, 6.45) is 6.56. The lowest BCUT2D eigenvalue weighted by Gasteiger charge is -2.09. The monoisotopic (exact) mass is 200 g/mol. The molecule has 1 aromatic rings. The summed E-state index contributed by atoms with van der Waals surface area (Å²) in [7, 11) is 0. The Labute approximate surface area is 80.3 Å². The molecule has 1 aromatic heterocycles. The molecule has 0 aliphatic heterocycles. The molecule has 0 fully saturated rings. The van der Waals surface area contributed by atoms with Gasteiger partial charge in [-0.25, -0.2) is 4.98 Å². The van der Waals surface area contributed by atoms with E-state index < -0.39 is 0 Å². The van der Waals surface area contributed by atoms with E-state index in [1.807, 2.05) is 5.38 Å². The summed E-state index contributed by atoms with van der Waals surface area (Å²) in [5.41, 5.74) is 0. The van der Waals surface area contributed by atoms with Crippen molar-refractivity contribution < 1.29 is 0 Å². The first kappa shape index (κ1) is 8.08. The minimum absolute atomic E-state index is 0.521. The molecule has 2 nitrogen and oxygen atoms in total. The molecule has 0 saturated carbocycles. The van der Waals surface area contributed by atoms with Crippen LogP contribution < -0.4 is 5.32 Å².